The lowest BCUT2D eigenvalue weighted by molar-refractivity contribution is 0.0751. The first-order valence-corrected chi connectivity index (χ1v) is 7.61. The predicted octanol–water partition coefficient (Wildman–Crippen LogP) is 3.49. The molecule has 20 heavy (non-hydrogen) atoms. The van der Waals surface area contributed by atoms with Crippen LogP contribution in [0.4, 0.5) is 10.1 Å². The van der Waals surface area contributed by atoms with Crippen LogP contribution in [0.5, 0.6) is 0 Å². The number of rotatable bonds is 3. The topological polar surface area (TPSA) is 46.3 Å². The van der Waals surface area contributed by atoms with E-state index in [-0.39, 0.29) is 17.4 Å². The number of nitrogen functional groups attached to an aromatic ring is 1. The molecule has 1 aromatic carbocycles. The van der Waals surface area contributed by atoms with E-state index in [1.54, 1.807) is 24.1 Å². The lowest BCUT2D eigenvalue weighted by atomic mass is 9.85. The van der Waals surface area contributed by atoms with Crippen LogP contribution in [0.15, 0.2) is 18.2 Å². The molecule has 0 unspecified atom stereocenters. The van der Waals surface area contributed by atoms with E-state index in [1.807, 2.05) is 0 Å². The summed E-state index contributed by atoms with van der Waals surface area (Å²) >= 11 is 1.27. The van der Waals surface area contributed by atoms with Gasteiger partial charge in [-0.05, 0) is 30.9 Å². The largest absolute Gasteiger partial charge is 0.397 e. The minimum atomic E-state index is -0.364. The van der Waals surface area contributed by atoms with E-state index in [0.29, 0.717) is 16.2 Å². The van der Waals surface area contributed by atoms with E-state index in [2.05, 4.69) is 0 Å². The van der Waals surface area contributed by atoms with Gasteiger partial charge in [-0.2, -0.15) is 0 Å². The highest BCUT2D eigenvalue weighted by Gasteiger charge is 2.25. The van der Waals surface area contributed by atoms with Crippen LogP contribution in [0.2, 0.25) is 0 Å². The minimum absolute atomic E-state index is 0.102. The van der Waals surface area contributed by atoms with Crippen molar-refractivity contribution in [3.05, 3.63) is 28.9 Å². The Hall–Kier alpha value is -1.62. The third-order valence-corrected chi connectivity index (χ3v) is 5.16. The number of carbonyl (C=O) groups is 1. The molecule has 1 aliphatic rings. The summed E-state index contributed by atoms with van der Waals surface area (Å²) in [5, 5.41) is 0.373. The van der Waals surface area contributed by atoms with Gasteiger partial charge in [-0.25, -0.2) is 4.39 Å². The molecule has 1 heterocycles. The molecule has 2 N–H and O–H groups in total. The van der Waals surface area contributed by atoms with Crippen LogP contribution >= 0.6 is 11.3 Å². The van der Waals surface area contributed by atoms with Gasteiger partial charge < -0.3 is 10.6 Å². The highest BCUT2D eigenvalue weighted by molar-refractivity contribution is 7.21. The van der Waals surface area contributed by atoms with Crippen molar-refractivity contribution in [3.8, 4) is 0 Å². The third-order valence-electron chi connectivity index (χ3n) is 4.00. The quantitative estimate of drug-likeness (QED) is 0.941. The molecule has 5 heteroatoms. The highest BCUT2D eigenvalue weighted by Crippen LogP contribution is 2.36. The van der Waals surface area contributed by atoms with Gasteiger partial charge in [0.25, 0.3) is 5.91 Å². The Morgan fingerprint density at radius 1 is 1.50 bits per heavy atom. The zero-order valence-electron chi connectivity index (χ0n) is 11.4. The second-order valence-corrected chi connectivity index (χ2v) is 6.49. The molecule has 0 spiro atoms. The normalized spacial score (nSPS) is 15.3. The van der Waals surface area contributed by atoms with Crippen LogP contribution in [-0.2, 0) is 0 Å². The van der Waals surface area contributed by atoms with Gasteiger partial charge in [0.15, 0.2) is 0 Å². The number of nitrogens with two attached hydrogens (primary N) is 1. The number of benzene rings is 1. The van der Waals surface area contributed by atoms with Crippen molar-refractivity contribution in [2.24, 2.45) is 5.92 Å². The number of thiophene rings is 1. The van der Waals surface area contributed by atoms with Crippen molar-refractivity contribution < 1.29 is 9.18 Å². The van der Waals surface area contributed by atoms with Crippen molar-refractivity contribution in [3.63, 3.8) is 0 Å². The maximum Gasteiger partial charge on any atom is 0.265 e. The highest BCUT2D eigenvalue weighted by atomic mass is 32.1. The molecule has 0 atom stereocenters. The Balaban J connectivity index is 1.91. The predicted molar refractivity (Wildman–Crippen MR) is 80.5 cm³/mol. The van der Waals surface area contributed by atoms with E-state index >= 15 is 0 Å². The van der Waals surface area contributed by atoms with Crippen molar-refractivity contribution in [1.29, 1.82) is 0 Å². The summed E-state index contributed by atoms with van der Waals surface area (Å²) in [5.41, 5.74) is 6.25. The second kappa shape index (κ2) is 5.05. The number of carbonyl (C=O) groups excluding carboxylic acids is 1. The summed E-state index contributed by atoms with van der Waals surface area (Å²) in [6.45, 7) is 0.759. The molecular formula is C15H17FN2OS. The first kappa shape index (κ1) is 13.4. The van der Waals surface area contributed by atoms with Crippen molar-refractivity contribution in [2.45, 2.75) is 19.3 Å². The third kappa shape index (κ3) is 2.16. The van der Waals surface area contributed by atoms with Gasteiger partial charge in [0.1, 0.15) is 10.7 Å². The van der Waals surface area contributed by atoms with Crippen molar-refractivity contribution in [1.82, 2.24) is 4.90 Å². The van der Waals surface area contributed by atoms with Crippen molar-refractivity contribution in [2.75, 3.05) is 19.3 Å². The number of nitrogens with zero attached hydrogens (tertiary/aromatic N) is 1. The number of amides is 1. The summed E-state index contributed by atoms with van der Waals surface area (Å²) in [5.74, 6) is 0.142. The first-order valence-electron chi connectivity index (χ1n) is 6.80. The van der Waals surface area contributed by atoms with Crippen LogP contribution in [0.1, 0.15) is 28.9 Å². The molecule has 1 amide bonds. The molecule has 2 aromatic rings. The molecule has 0 saturated heterocycles. The average Bonchev–Trinajstić information content (AvgIpc) is 2.71. The van der Waals surface area contributed by atoms with Gasteiger partial charge in [0, 0.05) is 18.3 Å². The molecule has 0 bridgehead atoms. The number of anilines is 1. The smallest absolute Gasteiger partial charge is 0.265 e. The summed E-state index contributed by atoms with van der Waals surface area (Å²) in [6.07, 6.45) is 3.63. The monoisotopic (exact) mass is 292 g/mol. The molecule has 0 aliphatic heterocycles. The number of hydrogen-bond donors (Lipinski definition) is 1. The Kier molecular flexibility index (Phi) is 3.38. The molecule has 106 valence electrons. The van der Waals surface area contributed by atoms with Crippen LogP contribution < -0.4 is 5.73 Å². The van der Waals surface area contributed by atoms with Crippen LogP contribution in [0, 0.1) is 11.7 Å². The molecule has 1 fully saturated rings. The summed E-state index contributed by atoms with van der Waals surface area (Å²) in [4.78, 5) is 14.6. The molecule has 3 rings (SSSR count). The van der Waals surface area contributed by atoms with E-state index in [1.165, 1.54) is 36.7 Å². The van der Waals surface area contributed by atoms with E-state index in [0.717, 1.165) is 11.2 Å². The zero-order chi connectivity index (χ0) is 14.3. The van der Waals surface area contributed by atoms with Gasteiger partial charge in [0.05, 0.1) is 11.1 Å². The van der Waals surface area contributed by atoms with E-state index < -0.39 is 0 Å². The average molecular weight is 292 g/mol. The van der Waals surface area contributed by atoms with E-state index in [4.69, 9.17) is 5.73 Å². The standard InChI is InChI=1S/C15H17FN2OS/c1-18(8-9-4-2-5-9)15(19)14-13(17)12-10(16)6-3-7-11(12)20-14/h3,6-7,9H,2,4-5,8,17H2,1H3. The minimum Gasteiger partial charge on any atom is -0.397 e. The molecule has 3 nitrogen and oxygen atoms in total. The number of hydrogen-bond acceptors (Lipinski definition) is 3. The lowest BCUT2D eigenvalue weighted by Gasteiger charge is -2.30. The van der Waals surface area contributed by atoms with Gasteiger partial charge in [-0.3, -0.25) is 4.79 Å². The SMILES string of the molecule is CN(CC1CCC1)C(=O)c1sc2cccc(F)c2c1N. The second-order valence-electron chi connectivity index (χ2n) is 5.44. The number of halogens is 1. The van der Waals surface area contributed by atoms with Gasteiger partial charge in [0.2, 0.25) is 0 Å². The zero-order valence-corrected chi connectivity index (χ0v) is 12.2. The lowest BCUT2D eigenvalue weighted by Crippen LogP contribution is -2.34. The molecular weight excluding hydrogens is 275 g/mol. The fourth-order valence-corrected chi connectivity index (χ4v) is 3.74. The van der Waals surface area contributed by atoms with Crippen LogP contribution in [-0.4, -0.2) is 24.4 Å². The van der Waals surface area contributed by atoms with Crippen LogP contribution in [0.3, 0.4) is 0 Å². The fraction of sp³-hybridized carbons (Fsp3) is 0.400. The maximum absolute atomic E-state index is 13.8. The Morgan fingerprint density at radius 3 is 2.85 bits per heavy atom. The molecule has 0 radical (unpaired) electrons. The Bertz CT molecular complexity index is 663. The molecule has 1 saturated carbocycles. The summed E-state index contributed by atoms with van der Waals surface area (Å²) in [7, 11) is 1.79. The Labute approximate surface area is 121 Å². The molecule has 1 aliphatic carbocycles. The van der Waals surface area contributed by atoms with Crippen LogP contribution in [0.25, 0.3) is 10.1 Å². The maximum atomic E-state index is 13.8. The first-order chi connectivity index (χ1) is 9.58. The van der Waals surface area contributed by atoms with Gasteiger partial charge in [-0.15, -0.1) is 11.3 Å². The Morgan fingerprint density at radius 2 is 2.25 bits per heavy atom. The van der Waals surface area contributed by atoms with Crippen molar-refractivity contribution >= 4 is 33.0 Å². The fourth-order valence-electron chi connectivity index (χ4n) is 2.61. The number of fused-ring (bicyclic) bond motifs is 1. The summed E-state index contributed by atoms with van der Waals surface area (Å²) in [6, 6.07) is 4.81. The summed E-state index contributed by atoms with van der Waals surface area (Å²) < 4.78 is 14.5. The molecule has 1 aromatic heterocycles. The van der Waals surface area contributed by atoms with Gasteiger partial charge >= 0.3 is 0 Å². The van der Waals surface area contributed by atoms with Gasteiger partial charge in [-0.1, -0.05) is 12.5 Å². The van der Waals surface area contributed by atoms with E-state index in [9.17, 15) is 9.18 Å².